The van der Waals surface area contributed by atoms with Gasteiger partial charge >= 0.3 is 0 Å². The Hall–Kier alpha value is -2.62. The number of imidazole rings is 1. The third-order valence-corrected chi connectivity index (χ3v) is 4.70. The Morgan fingerprint density at radius 2 is 1.95 bits per heavy atom. The van der Waals surface area contributed by atoms with E-state index >= 15 is 0 Å². The molecule has 4 aromatic rings. The van der Waals surface area contributed by atoms with Gasteiger partial charge in [0.05, 0.1) is 31.6 Å². The van der Waals surface area contributed by atoms with Gasteiger partial charge in [-0.25, -0.2) is 4.57 Å². The summed E-state index contributed by atoms with van der Waals surface area (Å²) in [6.07, 6.45) is 3.83. The van der Waals surface area contributed by atoms with E-state index in [1.165, 1.54) is 39.0 Å². The van der Waals surface area contributed by atoms with Gasteiger partial charge in [-0.15, -0.1) is 0 Å². The first-order valence-electron chi connectivity index (χ1n) is 7.16. The average Bonchev–Trinajstić information content (AvgIpc) is 3.11. The van der Waals surface area contributed by atoms with Crippen LogP contribution >= 0.6 is 0 Å². The Kier molecular flexibility index (Phi) is 1.86. The molecule has 1 aliphatic heterocycles. The van der Waals surface area contributed by atoms with Crippen LogP contribution in [0.25, 0.3) is 33.5 Å². The van der Waals surface area contributed by atoms with E-state index in [4.69, 9.17) is 0 Å². The van der Waals surface area contributed by atoms with Crippen molar-refractivity contribution in [2.75, 3.05) is 0 Å². The van der Waals surface area contributed by atoms with Crippen LogP contribution in [0.15, 0.2) is 42.7 Å². The maximum absolute atomic E-state index is 4.31. The summed E-state index contributed by atoms with van der Waals surface area (Å²) in [7, 11) is 4.30. The molecule has 0 fully saturated rings. The summed E-state index contributed by atoms with van der Waals surface area (Å²) in [5.74, 6) is 1.29. The fourth-order valence-corrected chi connectivity index (χ4v) is 3.80. The number of fused-ring (bicyclic) bond motifs is 7. The third kappa shape index (κ3) is 1.17. The fourth-order valence-electron chi connectivity index (χ4n) is 3.80. The molecule has 0 unspecified atom stereocenters. The number of hydrogen-bond donors (Lipinski definition) is 0. The van der Waals surface area contributed by atoms with E-state index in [9.17, 15) is 0 Å². The van der Waals surface area contributed by atoms with Crippen LogP contribution in [-0.4, -0.2) is 14.1 Å². The van der Waals surface area contributed by atoms with E-state index in [2.05, 4.69) is 63.1 Å². The summed E-state index contributed by atoms with van der Waals surface area (Å²) in [6.45, 7) is 0.945. The number of pyridine rings is 1. The van der Waals surface area contributed by atoms with Crippen LogP contribution in [0.1, 0.15) is 5.56 Å². The van der Waals surface area contributed by atoms with Gasteiger partial charge < -0.3 is 0 Å². The maximum Gasteiger partial charge on any atom is 0.269 e. The average molecular weight is 275 g/mol. The first-order valence-corrected chi connectivity index (χ1v) is 7.16. The molecule has 4 heteroatoms. The molecule has 5 rings (SSSR count). The zero-order valence-electron chi connectivity index (χ0n) is 12.0. The van der Waals surface area contributed by atoms with E-state index in [1.54, 1.807) is 0 Å². The first-order chi connectivity index (χ1) is 10.3. The van der Waals surface area contributed by atoms with Crippen molar-refractivity contribution in [1.29, 1.82) is 0 Å². The first kappa shape index (κ1) is 11.1. The van der Waals surface area contributed by atoms with Crippen molar-refractivity contribution in [3.05, 3.63) is 48.3 Å². The second kappa shape index (κ2) is 3.52. The molecule has 0 saturated heterocycles. The topological polar surface area (TPSA) is 26.6 Å². The van der Waals surface area contributed by atoms with Gasteiger partial charge in [0, 0.05) is 18.0 Å². The highest BCUT2D eigenvalue weighted by Gasteiger charge is 2.34. The monoisotopic (exact) mass is 275 g/mol. The van der Waals surface area contributed by atoms with E-state index in [-0.39, 0.29) is 0 Å². The second-order valence-electron chi connectivity index (χ2n) is 5.75. The predicted octanol–water partition coefficient (Wildman–Crippen LogP) is 2.38. The largest absolute Gasteiger partial charge is 0.269 e. The Morgan fingerprint density at radius 3 is 2.86 bits per heavy atom. The zero-order chi connectivity index (χ0) is 14.1. The van der Waals surface area contributed by atoms with Crippen molar-refractivity contribution in [3.8, 4) is 11.4 Å². The van der Waals surface area contributed by atoms with Crippen LogP contribution in [0.5, 0.6) is 0 Å². The van der Waals surface area contributed by atoms with Crippen LogP contribution < -0.4 is 4.57 Å². The molecule has 0 saturated carbocycles. The normalized spacial score (nSPS) is 13.0. The molecule has 1 aliphatic rings. The van der Waals surface area contributed by atoms with Crippen molar-refractivity contribution in [3.63, 3.8) is 0 Å². The molecule has 102 valence electrons. The zero-order valence-corrected chi connectivity index (χ0v) is 12.0. The Labute approximate surface area is 121 Å². The van der Waals surface area contributed by atoms with Crippen LogP contribution in [0, 0.1) is 0 Å². The van der Waals surface area contributed by atoms with Gasteiger partial charge in [-0.2, -0.15) is 0 Å². The van der Waals surface area contributed by atoms with Gasteiger partial charge in [-0.1, -0.05) is 18.2 Å². The van der Waals surface area contributed by atoms with Crippen LogP contribution in [0.3, 0.4) is 0 Å². The molecule has 0 N–H and O–H groups in total. The highest BCUT2D eigenvalue weighted by Crippen LogP contribution is 2.34. The van der Waals surface area contributed by atoms with Gasteiger partial charge in [0.25, 0.3) is 5.65 Å². The highest BCUT2D eigenvalue weighted by molar-refractivity contribution is 6.04. The van der Waals surface area contributed by atoms with Gasteiger partial charge in [-0.05, 0) is 12.1 Å². The van der Waals surface area contributed by atoms with Crippen molar-refractivity contribution in [1.82, 2.24) is 14.1 Å². The smallest absolute Gasteiger partial charge is 0.264 e. The minimum atomic E-state index is 0.945. The van der Waals surface area contributed by atoms with Gasteiger partial charge in [-0.3, -0.25) is 14.1 Å². The number of hydrogen-bond acceptors (Lipinski definition) is 1. The highest BCUT2D eigenvalue weighted by atomic mass is 15.2. The molecule has 0 amide bonds. The molecule has 4 nitrogen and oxygen atoms in total. The SMILES string of the molecule is Cn1c2[n+](c3c1c1cnccc1n3C)Cc1ccccc1-2. The second-order valence-corrected chi connectivity index (χ2v) is 5.75. The molecule has 0 atom stereocenters. The minimum absolute atomic E-state index is 0.945. The number of nitrogens with zero attached hydrogens (tertiary/aromatic N) is 4. The lowest BCUT2D eigenvalue weighted by atomic mass is 10.1. The Bertz CT molecular complexity index is 1040. The summed E-state index contributed by atoms with van der Waals surface area (Å²) in [5.41, 5.74) is 6.51. The predicted molar refractivity (Wildman–Crippen MR) is 81.9 cm³/mol. The number of aromatic nitrogens is 4. The lowest BCUT2D eigenvalue weighted by Crippen LogP contribution is -2.33. The summed E-state index contributed by atoms with van der Waals surface area (Å²) >= 11 is 0. The molecule has 1 aromatic carbocycles. The molecule has 0 bridgehead atoms. The van der Waals surface area contributed by atoms with E-state index < -0.39 is 0 Å². The molecule has 0 radical (unpaired) electrons. The van der Waals surface area contributed by atoms with Crippen molar-refractivity contribution in [2.24, 2.45) is 14.1 Å². The maximum atomic E-state index is 4.31. The lowest BCUT2D eigenvalue weighted by molar-refractivity contribution is -0.648. The van der Waals surface area contributed by atoms with Gasteiger partial charge in [0.2, 0.25) is 5.82 Å². The summed E-state index contributed by atoms with van der Waals surface area (Å²) in [6, 6.07) is 10.8. The summed E-state index contributed by atoms with van der Waals surface area (Å²) in [4.78, 5) is 4.31. The molecular formula is C17H15N4+. The van der Waals surface area contributed by atoms with Crippen molar-refractivity contribution in [2.45, 2.75) is 6.54 Å². The standard InChI is InChI=1S/C17H15N4/c1-19-14-7-8-18-9-13(14)15-17(19)21-10-11-5-3-4-6-12(11)16(21)20(15)2/h3-9H,10H2,1-2H3/q+1. The van der Waals surface area contributed by atoms with E-state index in [0.29, 0.717) is 0 Å². The molecular weight excluding hydrogens is 260 g/mol. The lowest BCUT2D eigenvalue weighted by Gasteiger charge is -1.97. The van der Waals surface area contributed by atoms with E-state index in [1.807, 2.05) is 12.4 Å². The number of rotatable bonds is 0. The number of aryl methyl sites for hydroxylation is 2. The summed E-state index contributed by atoms with van der Waals surface area (Å²) < 4.78 is 7.01. The quantitative estimate of drug-likeness (QED) is 0.399. The Balaban J connectivity index is 2.02. The molecule has 0 spiro atoms. The molecule has 0 aliphatic carbocycles. The molecule has 3 aromatic heterocycles. The fraction of sp³-hybridized carbons (Fsp3) is 0.176. The van der Waals surface area contributed by atoms with Crippen molar-refractivity contribution >= 4 is 22.1 Å². The third-order valence-electron chi connectivity index (χ3n) is 4.70. The van der Waals surface area contributed by atoms with Gasteiger partial charge in [0.15, 0.2) is 5.52 Å². The number of benzene rings is 1. The Morgan fingerprint density at radius 1 is 1.10 bits per heavy atom. The molecule has 21 heavy (non-hydrogen) atoms. The van der Waals surface area contributed by atoms with Crippen LogP contribution in [0.4, 0.5) is 0 Å². The van der Waals surface area contributed by atoms with Crippen LogP contribution in [-0.2, 0) is 20.6 Å². The van der Waals surface area contributed by atoms with Gasteiger partial charge in [0.1, 0.15) is 5.52 Å². The van der Waals surface area contributed by atoms with Crippen molar-refractivity contribution < 1.29 is 4.57 Å². The van der Waals surface area contributed by atoms with Crippen LogP contribution in [0.2, 0.25) is 0 Å². The minimum Gasteiger partial charge on any atom is -0.264 e. The summed E-state index contributed by atoms with van der Waals surface area (Å²) in [5, 5.41) is 1.22. The van der Waals surface area contributed by atoms with E-state index in [0.717, 1.165) is 6.54 Å². The molecule has 4 heterocycles.